The summed E-state index contributed by atoms with van der Waals surface area (Å²) in [6, 6.07) is 18.4. The van der Waals surface area contributed by atoms with E-state index < -0.39 is 0 Å². The average Bonchev–Trinajstić information content (AvgIpc) is 3.33. The van der Waals surface area contributed by atoms with E-state index in [0.717, 1.165) is 19.1 Å². The largest absolute Gasteiger partial charge is 0.342 e. The third-order valence-corrected chi connectivity index (χ3v) is 4.08. The first-order valence-electron chi connectivity index (χ1n) is 7.93. The molecule has 2 aromatic carbocycles. The van der Waals surface area contributed by atoms with E-state index in [2.05, 4.69) is 72.6 Å². The molecule has 0 aromatic heterocycles. The third-order valence-electron chi connectivity index (χ3n) is 4.08. The number of rotatable bonds is 6. The highest BCUT2D eigenvalue weighted by Gasteiger charge is 2.19. The van der Waals surface area contributed by atoms with Crippen LogP contribution in [0.25, 0.3) is 0 Å². The number of hydrogen-bond acceptors (Lipinski definition) is 2. The molecule has 21 heavy (non-hydrogen) atoms. The second-order valence-corrected chi connectivity index (χ2v) is 5.90. The van der Waals surface area contributed by atoms with Crippen LogP contribution >= 0.6 is 0 Å². The number of aryl methyl sites for hydroxylation is 1. The quantitative estimate of drug-likeness (QED) is 0.843. The van der Waals surface area contributed by atoms with Gasteiger partial charge in [-0.3, -0.25) is 0 Å². The fraction of sp³-hybridized carbons (Fsp3) is 0.368. The minimum atomic E-state index is 0.768. The predicted octanol–water partition coefficient (Wildman–Crippen LogP) is 4.41. The van der Waals surface area contributed by atoms with Crippen LogP contribution in [0.2, 0.25) is 0 Å². The minimum Gasteiger partial charge on any atom is -0.342 e. The smallest absolute Gasteiger partial charge is 0.0410 e. The van der Waals surface area contributed by atoms with E-state index in [-0.39, 0.29) is 0 Å². The molecule has 3 rings (SSSR count). The first kappa shape index (κ1) is 14.2. The fourth-order valence-corrected chi connectivity index (χ4v) is 2.58. The van der Waals surface area contributed by atoms with Gasteiger partial charge in [-0.2, -0.15) is 0 Å². The Hall–Kier alpha value is -1.80. The van der Waals surface area contributed by atoms with E-state index in [1.165, 1.54) is 35.3 Å². The average molecular weight is 280 g/mol. The van der Waals surface area contributed by atoms with Crippen molar-refractivity contribution in [1.82, 2.24) is 5.32 Å². The lowest BCUT2D eigenvalue weighted by Gasteiger charge is -2.23. The second-order valence-electron chi connectivity index (χ2n) is 5.90. The summed E-state index contributed by atoms with van der Waals surface area (Å²) in [5.74, 6) is 0. The maximum absolute atomic E-state index is 3.56. The maximum atomic E-state index is 3.56. The van der Waals surface area contributed by atoms with E-state index in [1.54, 1.807) is 0 Å². The van der Waals surface area contributed by atoms with Crippen molar-refractivity contribution in [1.29, 1.82) is 0 Å². The Kier molecular flexibility index (Phi) is 4.26. The van der Waals surface area contributed by atoms with Crippen molar-refractivity contribution in [3.63, 3.8) is 0 Å². The van der Waals surface area contributed by atoms with Crippen LogP contribution in [-0.2, 0) is 6.54 Å². The van der Waals surface area contributed by atoms with Crippen molar-refractivity contribution in [3.8, 4) is 0 Å². The van der Waals surface area contributed by atoms with Crippen molar-refractivity contribution in [3.05, 3.63) is 59.7 Å². The van der Waals surface area contributed by atoms with Gasteiger partial charge in [0, 0.05) is 30.5 Å². The molecule has 2 aromatic rings. The van der Waals surface area contributed by atoms with E-state index in [1.807, 2.05) is 0 Å². The third kappa shape index (κ3) is 3.64. The van der Waals surface area contributed by atoms with Crippen LogP contribution in [0.4, 0.5) is 11.4 Å². The Morgan fingerprint density at radius 2 is 1.52 bits per heavy atom. The highest BCUT2D eigenvalue weighted by atomic mass is 15.1. The molecule has 2 nitrogen and oxygen atoms in total. The molecule has 1 aliphatic rings. The number of nitrogens with one attached hydrogen (secondary N) is 1. The molecule has 1 aliphatic carbocycles. The zero-order valence-electron chi connectivity index (χ0n) is 13.0. The van der Waals surface area contributed by atoms with Gasteiger partial charge in [0.25, 0.3) is 0 Å². The summed E-state index contributed by atoms with van der Waals surface area (Å²) in [5, 5.41) is 3.56. The molecule has 0 saturated heterocycles. The van der Waals surface area contributed by atoms with E-state index in [0.29, 0.717) is 0 Å². The Morgan fingerprint density at radius 1 is 0.952 bits per heavy atom. The van der Waals surface area contributed by atoms with Crippen LogP contribution in [0.5, 0.6) is 0 Å². The summed E-state index contributed by atoms with van der Waals surface area (Å²) in [5.41, 5.74) is 5.19. The molecule has 1 N–H and O–H groups in total. The van der Waals surface area contributed by atoms with Crippen LogP contribution in [0.3, 0.4) is 0 Å². The second kappa shape index (κ2) is 6.31. The van der Waals surface area contributed by atoms with Crippen LogP contribution in [0, 0.1) is 6.92 Å². The minimum absolute atomic E-state index is 0.768. The van der Waals surface area contributed by atoms with E-state index >= 15 is 0 Å². The van der Waals surface area contributed by atoms with Crippen LogP contribution in [0.15, 0.2) is 48.5 Å². The molecule has 0 bridgehead atoms. The van der Waals surface area contributed by atoms with Gasteiger partial charge in [-0.05, 0) is 56.5 Å². The van der Waals surface area contributed by atoms with Crippen molar-refractivity contribution in [2.24, 2.45) is 0 Å². The van der Waals surface area contributed by atoms with Gasteiger partial charge in [-0.25, -0.2) is 0 Å². The summed E-state index contributed by atoms with van der Waals surface area (Å²) < 4.78 is 0. The summed E-state index contributed by atoms with van der Waals surface area (Å²) in [4.78, 5) is 2.34. The lowest BCUT2D eigenvalue weighted by molar-refractivity contribution is 0.688. The lowest BCUT2D eigenvalue weighted by atomic mass is 10.1. The molecule has 1 fully saturated rings. The molecule has 0 unspecified atom stereocenters. The summed E-state index contributed by atoms with van der Waals surface area (Å²) in [7, 11) is 0. The highest BCUT2D eigenvalue weighted by molar-refractivity contribution is 5.63. The van der Waals surface area contributed by atoms with Crippen LogP contribution < -0.4 is 10.2 Å². The molecule has 2 heteroatoms. The van der Waals surface area contributed by atoms with Crippen molar-refractivity contribution < 1.29 is 0 Å². The van der Waals surface area contributed by atoms with Gasteiger partial charge in [-0.1, -0.05) is 29.8 Å². The van der Waals surface area contributed by atoms with Crippen LogP contribution in [0.1, 0.15) is 30.9 Å². The molecule has 1 saturated carbocycles. The first-order chi connectivity index (χ1) is 10.3. The molecule has 0 spiro atoms. The van der Waals surface area contributed by atoms with Gasteiger partial charge in [-0.15, -0.1) is 0 Å². The Labute approximate surface area is 127 Å². The van der Waals surface area contributed by atoms with Crippen molar-refractivity contribution in [2.75, 3.05) is 11.4 Å². The Bertz CT molecular complexity index is 568. The monoisotopic (exact) mass is 280 g/mol. The standard InChI is InChI=1S/C19H24N2/c1-3-21(18-10-4-15(2)5-11-18)19-12-6-16(7-13-19)14-20-17-8-9-17/h4-7,10-13,17,20H,3,8-9,14H2,1-2H3. The number of hydrogen-bond donors (Lipinski definition) is 1. The Balaban J connectivity index is 1.72. The SMILES string of the molecule is CCN(c1ccc(C)cc1)c1ccc(CNC2CC2)cc1. The fourth-order valence-electron chi connectivity index (χ4n) is 2.58. The maximum Gasteiger partial charge on any atom is 0.0410 e. The molecule has 0 radical (unpaired) electrons. The number of benzene rings is 2. The highest BCUT2D eigenvalue weighted by Crippen LogP contribution is 2.26. The van der Waals surface area contributed by atoms with Crippen LogP contribution in [-0.4, -0.2) is 12.6 Å². The lowest BCUT2D eigenvalue weighted by Crippen LogP contribution is -2.17. The number of anilines is 2. The molecular weight excluding hydrogens is 256 g/mol. The zero-order chi connectivity index (χ0) is 14.7. The van der Waals surface area contributed by atoms with Crippen molar-refractivity contribution >= 4 is 11.4 Å². The van der Waals surface area contributed by atoms with Crippen molar-refractivity contribution in [2.45, 2.75) is 39.3 Å². The zero-order valence-corrected chi connectivity index (χ0v) is 13.0. The van der Waals surface area contributed by atoms with Gasteiger partial charge in [0.1, 0.15) is 0 Å². The number of nitrogens with zero attached hydrogens (tertiary/aromatic N) is 1. The molecule has 0 atom stereocenters. The molecule has 0 heterocycles. The molecule has 0 aliphatic heterocycles. The van der Waals surface area contributed by atoms with E-state index in [4.69, 9.17) is 0 Å². The topological polar surface area (TPSA) is 15.3 Å². The summed E-state index contributed by atoms with van der Waals surface area (Å²) in [6.45, 7) is 6.29. The van der Waals surface area contributed by atoms with E-state index in [9.17, 15) is 0 Å². The van der Waals surface area contributed by atoms with Gasteiger partial charge >= 0.3 is 0 Å². The normalized spacial score (nSPS) is 14.2. The summed E-state index contributed by atoms with van der Waals surface area (Å²) >= 11 is 0. The summed E-state index contributed by atoms with van der Waals surface area (Å²) in [6.07, 6.45) is 2.68. The molecule has 110 valence electrons. The van der Waals surface area contributed by atoms with Gasteiger partial charge in [0.05, 0.1) is 0 Å². The van der Waals surface area contributed by atoms with Gasteiger partial charge < -0.3 is 10.2 Å². The van der Waals surface area contributed by atoms with Gasteiger partial charge in [0.2, 0.25) is 0 Å². The van der Waals surface area contributed by atoms with Gasteiger partial charge in [0.15, 0.2) is 0 Å². The molecule has 0 amide bonds. The Morgan fingerprint density at radius 3 is 2.05 bits per heavy atom. The predicted molar refractivity (Wildman–Crippen MR) is 90.2 cm³/mol. The first-order valence-corrected chi connectivity index (χ1v) is 7.93. The molecular formula is C19H24N2.